The van der Waals surface area contributed by atoms with Gasteiger partial charge >= 0.3 is 0 Å². The van der Waals surface area contributed by atoms with Crippen molar-refractivity contribution in [2.24, 2.45) is 0 Å². The van der Waals surface area contributed by atoms with Gasteiger partial charge in [0, 0.05) is 6.26 Å². The van der Waals surface area contributed by atoms with E-state index in [0.29, 0.717) is 6.42 Å². The van der Waals surface area contributed by atoms with E-state index in [4.69, 9.17) is 0 Å². The topological polar surface area (TPSA) is 34.1 Å². The van der Waals surface area contributed by atoms with E-state index in [0.717, 1.165) is 18.8 Å². The highest BCUT2D eigenvalue weighted by Gasteiger charge is 2.11. The van der Waals surface area contributed by atoms with Crippen LogP contribution in [0.5, 0.6) is 0 Å². The standard InChI is InChI=1S/C10H15FO2S/c1-5-8(2)6-7-10(9(3)11)14(4,12)13/h6-7H,2,5H2,1,3-4H3/b7-6-,10-9-. The van der Waals surface area contributed by atoms with Crippen molar-refractivity contribution < 1.29 is 12.8 Å². The number of hydrogen-bond donors (Lipinski definition) is 0. The molecule has 2 nitrogen and oxygen atoms in total. The summed E-state index contributed by atoms with van der Waals surface area (Å²) in [5, 5.41) is 0. The lowest BCUT2D eigenvalue weighted by molar-refractivity contribution is 0.600. The molecule has 0 fully saturated rings. The Kier molecular flexibility index (Phi) is 4.77. The summed E-state index contributed by atoms with van der Waals surface area (Å²) in [6.45, 7) is 6.67. The number of rotatable bonds is 4. The van der Waals surface area contributed by atoms with Crippen LogP contribution in [0.25, 0.3) is 0 Å². The molecule has 0 saturated carbocycles. The molecular formula is C10H15FO2S. The fraction of sp³-hybridized carbons (Fsp3) is 0.400. The van der Waals surface area contributed by atoms with E-state index in [-0.39, 0.29) is 4.91 Å². The zero-order valence-corrected chi connectivity index (χ0v) is 9.49. The van der Waals surface area contributed by atoms with E-state index in [2.05, 4.69) is 6.58 Å². The van der Waals surface area contributed by atoms with Crippen LogP contribution in [0.1, 0.15) is 20.3 Å². The first-order valence-electron chi connectivity index (χ1n) is 4.21. The van der Waals surface area contributed by atoms with Crippen LogP contribution >= 0.6 is 0 Å². The van der Waals surface area contributed by atoms with Gasteiger partial charge in [-0.15, -0.1) is 0 Å². The molecule has 0 unspecified atom stereocenters. The van der Waals surface area contributed by atoms with Gasteiger partial charge in [-0.1, -0.05) is 25.2 Å². The Morgan fingerprint density at radius 2 is 1.93 bits per heavy atom. The van der Waals surface area contributed by atoms with Gasteiger partial charge in [0.1, 0.15) is 5.83 Å². The molecule has 0 spiro atoms. The van der Waals surface area contributed by atoms with Crippen molar-refractivity contribution >= 4 is 9.84 Å². The first kappa shape index (κ1) is 13.1. The molecule has 0 radical (unpaired) electrons. The largest absolute Gasteiger partial charge is 0.224 e. The van der Waals surface area contributed by atoms with Gasteiger partial charge < -0.3 is 0 Å². The molecule has 0 N–H and O–H groups in total. The Balaban J connectivity index is 5.05. The predicted octanol–water partition coefficient (Wildman–Crippen LogP) is 2.75. The lowest BCUT2D eigenvalue weighted by Gasteiger charge is -1.99. The quantitative estimate of drug-likeness (QED) is 0.680. The molecule has 0 heterocycles. The van der Waals surface area contributed by atoms with Gasteiger partial charge in [0.05, 0.1) is 4.91 Å². The molecule has 0 saturated heterocycles. The van der Waals surface area contributed by atoms with Crippen LogP contribution in [0.3, 0.4) is 0 Å². The highest BCUT2D eigenvalue weighted by atomic mass is 32.2. The molecule has 0 rings (SSSR count). The summed E-state index contributed by atoms with van der Waals surface area (Å²) in [6.07, 6.45) is 4.44. The maximum absolute atomic E-state index is 12.8. The smallest absolute Gasteiger partial charge is 0.178 e. The van der Waals surface area contributed by atoms with E-state index >= 15 is 0 Å². The van der Waals surface area contributed by atoms with Crippen molar-refractivity contribution in [3.63, 3.8) is 0 Å². The summed E-state index contributed by atoms with van der Waals surface area (Å²) >= 11 is 0. The Labute approximate surface area is 84.7 Å². The van der Waals surface area contributed by atoms with Crippen molar-refractivity contribution in [1.29, 1.82) is 0 Å². The summed E-state index contributed by atoms with van der Waals surface area (Å²) in [6, 6.07) is 0. The van der Waals surface area contributed by atoms with Gasteiger partial charge in [0.2, 0.25) is 0 Å². The lowest BCUT2D eigenvalue weighted by Crippen LogP contribution is -1.99. The molecule has 0 aliphatic carbocycles. The predicted molar refractivity (Wildman–Crippen MR) is 57.2 cm³/mol. The second kappa shape index (κ2) is 5.10. The SMILES string of the molecule is C=C(/C=C\C(=C(/C)F)S(C)(=O)=O)CC. The monoisotopic (exact) mass is 218 g/mol. The molecule has 4 heteroatoms. The van der Waals surface area contributed by atoms with Crippen molar-refractivity contribution in [1.82, 2.24) is 0 Å². The molecule has 14 heavy (non-hydrogen) atoms. The van der Waals surface area contributed by atoms with E-state index in [1.54, 1.807) is 0 Å². The third-order valence-electron chi connectivity index (χ3n) is 1.66. The average Bonchev–Trinajstić information content (AvgIpc) is 2.01. The number of halogens is 1. The first-order chi connectivity index (χ1) is 6.29. The van der Waals surface area contributed by atoms with E-state index < -0.39 is 15.7 Å². The summed E-state index contributed by atoms with van der Waals surface area (Å²) < 4.78 is 35.0. The minimum absolute atomic E-state index is 0.285. The van der Waals surface area contributed by atoms with Gasteiger partial charge in [-0.2, -0.15) is 0 Å². The van der Waals surface area contributed by atoms with Crippen LogP contribution in [0, 0.1) is 0 Å². The molecule has 0 bridgehead atoms. The van der Waals surface area contributed by atoms with Crippen LogP contribution < -0.4 is 0 Å². The zero-order chi connectivity index (χ0) is 11.4. The van der Waals surface area contributed by atoms with Crippen molar-refractivity contribution in [2.45, 2.75) is 20.3 Å². The number of sulfone groups is 1. The highest BCUT2D eigenvalue weighted by Crippen LogP contribution is 2.15. The van der Waals surface area contributed by atoms with Crippen LogP contribution in [0.4, 0.5) is 4.39 Å². The fourth-order valence-corrected chi connectivity index (χ4v) is 1.63. The normalized spacial score (nSPS) is 14.3. The van der Waals surface area contributed by atoms with Crippen LogP contribution in [-0.2, 0) is 9.84 Å². The molecule has 0 aliphatic rings. The van der Waals surface area contributed by atoms with Crippen molar-refractivity contribution in [3.05, 3.63) is 35.0 Å². The van der Waals surface area contributed by atoms with Gasteiger partial charge in [0.25, 0.3) is 0 Å². The van der Waals surface area contributed by atoms with Gasteiger partial charge in [-0.25, -0.2) is 12.8 Å². The Morgan fingerprint density at radius 3 is 2.21 bits per heavy atom. The summed E-state index contributed by atoms with van der Waals surface area (Å²) in [5.74, 6) is -0.701. The highest BCUT2D eigenvalue weighted by molar-refractivity contribution is 7.94. The summed E-state index contributed by atoms with van der Waals surface area (Å²) in [5.41, 5.74) is 0.757. The second-order valence-electron chi connectivity index (χ2n) is 3.02. The zero-order valence-electron chi connectivity index (χ0n) is 8.67. The fourth-order valence-electron chi connectivity index (χ4n) is 0.805. The molecule has 0 aromatic rings. The van der Waals surface area contributed by atoms with Crippen molar-refractivity contribution in [3.8, 4) is 0 Å². The molecule has 0 aromatic carbocycles. The minimum atomic E-state index is -3.49. The lowest BCUT2D eigenvalue weighted by atomic mass is 10.2. The first-order valence-corrected chi connectivity index (χ1v) is 6.10. The Morgan fingerprint density at radius 1 is 1.43 bits per heavy atom. The van der Waals surface area contributed by atoms with Gasteiger partial charge in [-0.05, 0) is 19.4 Å². The Bertz CT molecular complexity index is 371. The van der Waals surface area contributed by atoms with Crippen molar-refractivity contribution in [2.75, 3.05) is 6.26 Å². The number of hydrogen-bond acceptors (Lipinski definition) is 2. The maximum atomic E-state index is 12.8. The summed E-state index contributed by atoms with van der Waals surface area (Å²) in [4.78, 5) is -0.285. The molecule has 80 valence electrons. The van der Waals surface area contributed by atoms with Crippen LogP contribution in [0.2, 0.25) is 0 Å². The summed E-state index contributed by atoms with van der Waals surface area (Å²) in [7, 11) is -3.49. The molecule has 0 amide bonds. The molecule has 0 aromatic heterocycles. The van der Waals surface area contributed by atoms with Crippen LogP contribution in [0.15, 0.2) is 35.0 Å². The van der Waals surface area contributed by atoms with Gasteiger partial charge in [0.15, 0.2) is 9.84 Å². The van der Waals surface area contributed by atoms with E-state index in [1.165, 1.54) is 12.2 Å². The average molecular weight is 218 g/mol. The van der Waals surface area contributed by atoms with Gasteiger partial charge in [-0.3, -0.25) is 0 Å². The second-order valence-corrected chi connectivity index (χ2v) is 5.00. The minimum Gasteiger partial charge on any atom is -0.224 e. The Hall–Kier alpha value is -0.900. The van der Waals surface area contributed by atoms with Crippen LogP contribution in [-0.4, -0.2) is 14.7 Å². The molecule has 0 aliphatic heterocycles. The van der Waals surface area contributed by atoms with E-state index in [9.17, 15) is 12.8 Å². The maximum Gasteiger partial charge on any atom is 0.178 e. The molecule has 0 atom stereocenters. The third kappa shape index (κ3) is 4.37. The third-order valence-corrected chi connectivity index (χ3v) is 2.88. The van der Waals surface area contributed by atoms with E-state index in [1.807, 2.05) is 6.92 Å². The molecular weight excluding hydrogens is 203 g/mol. The number of allylic oxidation sites excluding steroid dienone is 4.